The molecule has 1 aliphatic rings. The molecule has 0 aromatic heterocycles. The number of nitrogens with zero attached hydrogens (tertiary/aromatic N) is 2. The molecular weight excluding hydrogens is 176 g/mol. The Labute approximate surface area is 88.0 Å². The average Bonchev–Trinajstić information content (AvgIpc) is 2.56. The number of ether oxygens (including phenoxy) is 1. The van der Waals surface area contributed by atoms with Gasteiger partial charge in [-0.05, 0) is 26.6 Å². The van der Waals surface area contributed by atoms with Gasteiger partial charge in [0.25, 0.3) is 0 Å². The third-order valence-electron chi connectivity index (χ3n) is 3.40. The zero-order valence-corrected chi connectivity index (χ0v) is 9.99. The Kier molecular flexibility index (Phi) is 4.85. The summed E-state index contributed by atoms with van der Waals surface area (Å²) in [5.74, 6) is 0. The smallest absolute Gasteiger partial charge is 0.0750 e. The minimum Gasteiger partial charge on any atom is -0.380 e. The third kappa shape index (κ3) is 2.69. The number of hydrogen-bond acceptors (Lipinski definition) is 3. The Morgan fingerprint density at radius 1 is 1.36 bits per heavy atom. The fourth-order valence-corrected chi connectivity index (χ4v) is 2.25. The molecule has 0 spiro atoms. The van der Waals surface area contributed by atoms with Crippen LogP contribution < -0.4 is 0 Å². The Balaban J connectivity index is 2.47. The van der Waals surface area contributed by atoms with E-state index < -0.39 is 0 Å². The van der Waals surface area contributed by atoms with Crippen LogP contribution in [-0.4, -0.2) is 62.3 Å². The fraction of sp³-hybridized carbons (Fsp3) is 1.00. The van der Waals surface area contributed by atoms with Gasteiger partial charge in [0.1, 0.15) is 0 Å². The van der Waals surface area contributed by atoms with Crippen molar-refractivity contribution in [3.8, 4) is 0 Å². The molecule has 2 unspecified atom stereocenters. The van der Waals surface area contributed by atoms with E-state index >= 15 is 0 Å². The standard InChI is InChI=1S/C11H24N2O/c1-5-13(6-2)9-10-11(14-4)7-8-12(10)3/h10-11H,5-9H2,1-4H3. The Hall–Kier alpha value is -0.120. The van der Waals surface area contributed by atoms with E-state index in [0.29, 0.717) is 12.1 Å². The van der Waals surface area contributed by atoms with Crippen molar-refractivity contribution in [2.45, 2.75) is 32.4 Å². The van der Waals surface area contributed by atoms with Gasteiger partial charge in [-0.15, -0.1) is 0 Å². The second-order valence-electron chi connectivity index (χ2n) is 4.10. The molecular formula is C11H24N2O. The molecule has 1 heterocycles. The predicted molar refractivity (Wildman–Crippen MR) is 59.6 cm³/mol. The van der Waals surface area contributed by atoms with Crippen molar-refractivity contribution in [2.75, 3.05) is 40.3 Å². The van der Waals surface area contributed by atoms with Crippen LogP contribution in [0.15, 0.2) is 0 Å². The first kappa shape index (κ1) is 12.0. The molecule has 2 atom stereocenters. The van der Waals surface area contributed by atoms with Crippen molar-refractivity contribution < 1.29 is 4.74 Å². The minimum atomic E-state index is 0.431. The first-order chi connectivity index (χ1) is 6.72. The molecule has 1 rings (SSSR count). The fourth-order valence-electron chi connectivity index (χ4n) is 2.25. The van der Waals surface area contributed by atoms with Crippen molar-refractivity contribution in [2.24, 2.45) is 0 Å². The maximum atomic E-state index is 5.52. The lowest BCUT2D eigenvalue weighted by molar-refractivity contribution is 0.0550. The summed E-state index contributed by atoms with van der Waals surface area (Å²) in [6.07, 6.45) is 1.61. The van der Waals surface area contributed by atoms with Gasteiger partial charge in [0, 0.05) is 26.2 Å². The van der Waals surface area contributed by atoms with Crippen molar-refractivity contribution in [3.63, 3.8) is 0 Å². The molecule has 0 aromatic carbocycles. The first-order valence-electron chi connectivity index (χ1n) is 5.68. The molecule has 3 nitrogen and oxygen atoms in total. The highest BCUT2D eigenvalue weighted by Gasteiger charge is 2.32. The highest BCUT2D eigenvalue weighted by atomic mass is 16.5. The normalized spacial score (nSPS) is 28.9. The van der Waals surface area contributed by atoms with Gasteiger partial charge >= 0.3 is 0 Å². The van der Waals surface area contributed by atoms with Gasteiger partial charge in [0.05, 0.1) is 6.10 Å². The van der Waals surface area contributed by atoms with Gasteiger partial charge < -0.3 is 9.64 Å². The van der Waals surface area contributed by atoms with Gasteiger partial charge in [-0.2, -0.15) is 0 Å². The van der Waals surface area contributed by atoms with Crippen LogP contribution in [0.5, 0.6) is 0 Å². The van der Waals surface area contributed by atoms with Crippen LogP contribution >= 0.6 is 0 Å². The lowest BCUT2D eigenvalue weighted by atomic mass is 10.1. The van der Waals surface area contributed by atoms with Crippen LogP contribution in [0.2, 0.25) is 0 Å². The van der Waals surface area contributed by atoms with Crippen LogP contribution in [0.25, 0.3) is 0 Å². The number of likely N-dealkylation sites (N-methyl/N-ethyl adjacent to an activating group) is 2. The van der Waals surface area contributed by atoms with E-state index in [2.05, 4.69) is 30.7 Å². The summed E-state index contributed by atoms with van der Waals surface area (Å²) in [6.45, 7) is 9.03. The summed E-state index contributed by atoms with van der Waals surface area (Å²) in [6, 6.07) is 0.583. The van der Waals surface area contributed by atoms with Crippen molar-refractivity contribution in [1.82, 2.24) is 9.80 Å². The van der Waals surface area contributed by atoms with E-state index in [9.17, 15) is 0 Å². The highest BCUT2D eigenvalue weighted by molar-refractivity contribution is 4.88. The SMILES string of the molecule is CCN(CC)CC1C(OC)CCN1C. The molecule has 0 saturated carbocycles. The molecule has 1 fully saturated rings. The van der Waals surface area contributed by atoms with Crippen molar-refractivity contribution in [3.05, 3.63) is 0 Å². The average molecular weight is 200 g/mol. The topological polar surface area (TPSA) is 15.7 Å². The van der Waals surface area contributed by atoms with Gasteiger partial charge in [-0.3, -0.25) is 4.90 Å². The summed E-state index contributed by atoms with van der Waals surface area (Å²) in [5, 5.41) is 0. The molecule has 0 aliphatic carbocycles. The lowest BCUT2D eigenvalue weighted by Crippen LogP contribution is -2.43. The molecule has 1 saturated heterocycles. The molecule has 1 aliphatic heterocycles. The highest BCUT2D eigenvalue weighted by Crippen LogP contribution is 2.19. The van der Waals surface area contributed by atoms with Gasteiger partial charge in [0.15, 0.2) is 0 Å². The molecule has 14 heavy (non-hydrogen) atoms. The second kappa shape index (κ2) is 5.69. The first-order valence-corrected chi connectivity index (χ1v) is 5.68. The van der Waals surface area contributed by atoms with Crippen LogP contribution in [-0.2, 0) is 4.74 Å². The summed E-state index contributed by atoms with van der Waals surface area (Å²) < 4.78 is 5.52. The molecule has 0 radical (unpaired) electrons. The third-order valence-corrected chi connectivity index (χ3v) is 3.40. The zero-order chi connectivity index (χ0) is 10.6. The predicted octanol–water partition coefficient (Wildman–Crippen LogP) is 1.05. The largest absolute Gasteiger partial charge is 0.380 e. The second-order valence-corrected chi connectivity index (χ2v) is 4.10. The molecule has 0 aromatic rings. The molecule has 0 amide bonds. The van der Waals surface area contributed by atoms with E-state index in [4.69, 9.17) is 4.74 Å². The maximum Gasteiger partial charge on any atom is 0.0750 e. The van der Waals surface area contributed by atoms with Gasteiger partial charge in [0.2, 0.25) is 0 Å². The zero-order valence-electron chi connectivity index (χ0n) is 9.99. The summed E-state index contributed by atoms with van der Waals surface area (Å²) in [7, 11) is 4.03. The quantitative estimate of drug-likeness (QED) is 0.659. The Morgan fingerprint density at radius 3 is 2.50 bits per heavy atom. The minimum absolute atomic E-state index is 0.431. The van der Waals surface area contributed by atoms with Gasteiger partial charge in [-0.25, -0.2) is 0 Å². The van der Waals surface area contributed by atoms with Crippen LogP contribution in [0.3, 0.4) is 0 Å². The maximum absolute atomic E-state index is 5.52. The molecule has 0 bridgehead atoms. The number of methoxy groups -OCH3 is 1. The van der Waals surface area contributed by atoms with Crippen molar-refractivity contribution >= 4 is 0 Å². The lowest BCUT2D eigenvalue weighted by Gasteiger charge is -2.29. The van der Waals surface area contributed by atoms with E-state index in [1.165, 1.54) is 13.0 Å². The Bertz CT molecular complexity index is 159. The van der Waals surface area contributed by atoms with Crippen LogP contribution in [0.4, 0.5) is 0 Å². The van der Waals surface area contributed by atoms with E-state index in [-0.39, 0.29) is 0 Å². The summed E-state index contributed by atoms with van der Waals surface area (Å²) in [5.41, 5.74) is 0. The Morgan fingerprint density at radius 2 is 2.00 bits per heavy atom. The summed E-state index contributed by atoms with van der Waals surface area (Å²) >= 11 is 0. The van der Waals surface area contributed by atoms with Crippen molar-refractivity contribution in [1.29, 1.82) is 0 Å². The summed E-state index contributed by atoms with van der Waals surface area (Å²) in [4.78, 5) is 4.89. The van der Waals surface area contributed by atoms with Crippen LogP contribution in [0, 0.1) is 0 Å². The number of rotatable bonds is 5. The molecule has 0 N–H and O–H groups in total. The van der Waals surface area contributed by atoms with E-state index in [1.54, 1.807) is 0 Å². The monoisotopic (exact) mass is 200 g/mol. The number of likely N-dealkylation sites (tertiary alicyclic amines) is 1. The molecule has 84 valence electrons. The molecule has 3 heteroatoms. The van der Waals surface area contributed by atoms with Crippen LogP contribution in [0.1, 0.15) is 20.3 Å². The van der Waals surface area contributed by atoms with E-state index in [0.717, 1.165) is 19.6 Å². The number of hydrogen-bond donors (Lipinski definition) is 0. The van der Waals surface area contributed by atoms with Gasteiger partial charge in [-0.1, -0.05) is 13.8 Å². The van der Waals surface area contributed by atoms with E-state index in [1.807, 2.05) is 7.11 Å².